The SMILES string of the molecule is CCCCCCc1c(C(=O)OC)c2cc(BOC(C)(C)C(C)(C)O)sc2c2sc(B3OC(C)(C)C(C)(C)O3)cc12. The average Bonchev–Trinajstić information content (AvgIpc) is 3.53. The summed E-state index contributed by atoms with van der Waals surface area (Å²) in [5, 5.41) is 12.6. The van der Waals surface area contributed by atoms with Crippen molar-refractivity contribution in [1.29, 1.82) is 0 Å². The van der Waals surface area contributed by atoms with Gasteiger partial charge in [-0.25, -0.2) is 4.79 Å². The van der Waals surface area contributed by atoms with Gasteiger partial charge in [0.1, 0.15) is 0 Å². The maximum Gasteiger partial charge on any atom is 0.505 e. The van der Waals surface area contributed by atoms with Crippen LogP contribution < -0.4 is 9.55 Å². The molecular weight excluding hydrogens is 542 g/mol. The third-order valence-corrected chi connectivity index (χ3v) is 11.3. The van der Waals surface area contributed by atoms with Crippen LogP contribution in [0.1, 0.15) is 104 Å². The van der Waals surface area contributed by atoms with Crippen molar-refractivity contribution in [3.63, 3.8) is 0 Å². The number of carbonyl (C=O) groups excluding carboxylic acids is 1. The van der Waals surface area contributed by atoms with Gasteiger partial charge in [0, 0.05) is 14.9 Å². The lowest BCUT2D eigenvalue weighted by atomic mass is 9.85. The molecule has 4 rings (SSSR count). The number of hydrogen-bond donors (Lipinski definition) is 1. The van der Waals surface area contributed by atoms with Gasteiger partial charge in [-0.05, 0) is 91.3 Å². The van der Waals surface area contributed by atoms with Gasteiger partial charge < -0.3 is 23.8 Å². The van der Waals surface area contributed by atoms with Crippen LogP contribution in [0.3, 0.4) is 0 Å². The fourth-order valence-corrected chi connectivity index (χ4v) is 7.17. The van der Waals surface area contributed by atoms with Crippen LogP contribution in [-0.2, 0) is 25.1 Å². The summed E-state index contributed by atoms with van der Waals surface area (Å²) in [4.78, 5) is 13.3. The van der Waals surface area contributed by atoms with Crippen molar-refractivity contribution in [3.8, 4) is 0 Å². The van der Waals surface area contributed by atoms with Gasteiger partial charge in [0.25, 0.3) is 0 Å². The summed E-state index contributed by atoms with van der Waals surface area (Å²) in [5.41, 5.74) is -0.962. The monoisotopic (exact) mass is 586 g/mol. The molecule has 218 valence electrons. The second-order valence-electron chi connectivity index (χ2n) is 12.9. The van der Waals surface area contributed by atoms with E-state index in [-0.39, 0.29) is 5.97 Å². The van der Waals surface area contributed by atoms with Crippen LogP contribution >= 0.6 is 22.7 Å². The number of aliphatic hydroxyl groups is 1. The normalized spacial score (nSPS) is 17.2. The lowest BCUT2D eigenvalue weighted by Gasteiger charge is -2.37. The summed E-state index contributed by atoms with van der Waals surface area (Å²) in [5.74, 6) is -0.317. The summed E-state index contributed by atoms with van der Waals surface area (Å²) in [7, 11) is 1.31. The highest BCUT2D eigenvalue weighted by Gasteiger charge is 2.52. The third-order valence-electron chi connectivity index (χ3n) is 8.84. The quantitative estimate of drug-likeness (QED) is 0.172. The van der Waals surface area contributed by atoms with Gasteiger partial charge in [-0.15, -0.1) is 22.7 Å². The summed E-state index contributed by atoms with van der Waals surface area (Å²) >= 11 is 3.31. The standard InChI is InChI=1S/C30H44B2O6S2/c1-11-12-13-14-15-18-19-17-22(32-37-29(6,7)30(8,9)38-32)40-24(19)25-20(23(18)26(33)35-10)16-21(39-25)31-36-28(4,5)27(2,3)34/h16-17,31,34H,11-15H2,1-10H3. The molecule has 0 radical (unpaired) electrons. The molecule has 0 amide bonds. The summed E-state index contributed by atoms with van der Waals surface area (Å²) in [6, 6.07) is 4.23. The molecule has 0 saturated carbocycles. The molecule has 1 aliphatic rings. The first-order valence-corrected chi connectivity index (χ1v) is 16.0. The molecule has 0 unspecified atom stereocenters. The van der Waals surface area contributed by atoms with Crippen molar-refractivity contribution in [2.24, 2.45) is 0 Å². The number of rotatable bonds is 11. The van der Waals surface area contributed by atoms with Crippen LogP contribution in [0.2, 0.25) is 0 Å². The lowest BCUT2D eigenvalue weighted by Crippen LogP contribution is -2.49. The van der Waals surface area contributed by atoms with Crippen molar-refractivity contribution in [1.82, 2.24) is 0 Å². The Hall–Kier alpha value is -1.42. The van der Waals surface area contributed by atoms with Crippen LogP contribution in [0, 0.1) is 0 Å². The molecule has 1 saturated heterocycles. The van der Waals surface area contributed by atoms with Crippen molar-refractivity contribution in [2.75, 3.05) is 7.11 Å². The minimum absolute atomic E-state index is 0.317. The van der Waals surface area contributed by atoms with Crippen LogP contribution in [0.15, 0.2) is 12.1 Å². The van der Waals surface area contributed by atoms with E-state index in [1.54, 1.807) is 36.5 Å². The molecule has 1 fully saturated rings. The van der Waals surface area contributed by atoms with Crippen molar-refractivity contribution in [2.45, 2.75) is 117 Å². The highest BCUT2D eigenvalue weighted by molar-refractivity contribution is 7.34. The second kappa shape index (κ2) is 11.3. The van der Waals surface area contributed by atoms with Gasteiger partial charge in [0.05, 0.1) is 44.5 Å². The number of aryl methyl sites for hydroxylation is 1. The lowest BCUT2D eigenvalue weighted by molar-refractivity contribution is -0.0892. The van der Waals surface area contributed by atoms with E-state index in [0.29, 0.717) is 13.0 Å². The maximum atomic E-state index is 13.3. The molecule has 0 bridgehead atoms. The van der Waals surface area contributed by atoms with Gasteiger partial charge >= 0.3 is 20.6 Å². The third kappa shape index (κ3) is 5.90. The van der Waals surface area contributed by atoms with Crippen LogP contribution in [-0.4, -0.2) is 55.2 Å². The van der Waals surface area contributed by atoms with E-state index in [9.17, 15) is 9.90 Å². The Balaban J connectivity index is 1.87. The number of esters is 1. The van der Waals surface area contributed by atoms with Crippen LogP contribution in [0.25, 0.3) is 20.2 Å². The number of methoxy groups -OCH3 is 1. The van der Waals surface area contributed by atoms with Gasteiger partial charge in [-0.2, -0.15) is 0 Å². The van der Waals surface area contributed by atoms with Gasteiger partial charge in [0.2, 0.25) is 0 Å². The number of fused-ring (bicyclic) bond motifs is 3. The molecule has 2 aromatic heterocycles. The van der Waals surface area contributed by atoms with E-state index >= 15 is 0 Å². The molecule has 3 heterocycles. The Labute approximate surface area is 248 Å². The summed E-state index contributed by atoms with van der Waals surface area (Å²) in [6.45, 7) is 17.7. The number of hydrogen-bond acceptors (Lipinski definition) is 8. The summed E-state index contributed by atoms with van der Waals surface area (Å²) < 4.78 is 28.6. The minimum Gasteiger partial charge on any atom is -0.465 e. The number of benzene rings is 1. The molecule has 40 heavy (non-hydrogen) atoms. The van der Waals surface area contributed by atoms with E-state index < -0.39 is 29.5 Å². The number of carbonyl (C=O) groups is 1. The first kappa shape index (κ1) is 31.5. The molecule has 1 aromatic carbocycles. The molecular formula is C30H44B2O6S2. The Morgan fingerprint density at radius 2 is 1.62 bits per heavy atom. The second-order valence-corrected chi connectivity index (χ2v) is 15.2. The topological polar surface area (TPSA) is 74.2 Å². The predicted molar refractivity (Wildman–Crippen MR) is 170 cm³/mol. The Morgan fingerprint density at radius 1 is 1.00 bits per heavy atom. The van der Waals surface area contributed by atoms with Crippen LogP contribution in [0.4, 0.5) is 0 Å². The average molecular weight is 586 g/mol. The largest absolute Gasteiger partial charge is 0.505 e. The minimum atomic E-state index is -1.01. The van der Waals surface area contributed by atoms with Crippen molar-refractivity contribution in [3.05, 3.63) is 23.3 Å². The summed E-state index contributed by atoms with van der Waals surface area (Å²) in [6.07, 6.45) is 5.22. The molecule has 10 heteroatoms. The zero-order valence-corrected chi connectivity index (χ0v) is 27.4. The van der Waals surface area contributed by atoms with E-state index in [0.717, 1.165) is 61.0 Å². The fourth-order valence-electron chi connectivity index (χ4n) is 4.79. The van der Waals surface area contributed by atoms with E-state index in [4.69, 9.17) is 18.7 Å². The first-order valence-electron chi connectivity index (χ1n) is 14.3. The maximum absolute atomic E-state index is 13.3. The Kier molecular flexibility index (Phi) is 8.94. The smallest absolute Gasteiger partial charge is 0.465 e. The number of thiophene rings is 2. The molecule has 6 nitrogen and oxygen atoms in total. The Bertz CT molecular complexity index is 1370. The molecule has 0 spiro atoms. The van der Waals surface area contributed by atoms with Crippen molar-refractivity contribution < 1.29 is 28.6 Å². The highest BCUT2D eigenvalue weighted by atomic mass is 32.1. The van der Waals surface area contributed by atoms with Crippen molar-refractivity contribution >= 4 is 73.0 Å². The molecule has 1 N–H and O–H groups in total. The molecule has 0 atom stereocenters. The zero-order chi connectivity index (χ0) is 29.7. The zero-order valence-electron chi connectivity index (χ0n) is 25.8. The highest BCUT2D eigenvalue weighted by Crippen LogP contribution is 2.42. The van der Waals surface area contributed by atoms with E-state index in [1.165, 1.54) is 13.5 Å². The molecule has 3 aromatic rings. The van der Waals surface area contributed by atoms with E-state index in [1.807, 2.05) is 13.8 Å². The van der Waals surface area contributed by atoms with Gasteiger partial charge in [-0.3, -0.25) is 0 Å². The van der Waals surface area contributed by atoms with Gasteiger partial charge in [0.15, 0.2) is 0 Å². The first-order chi connectivity index (χ1) is 18.5. The van der Waals surface area contributed by atoms with Gasteiger partial charge in [-0.1, -0.05) is 26.2 Å². The Morgan fingerprint density at radius 3 is 2.20 bits per heavy atom. The number of ether oxygens (including phenoxy) is 1. The predicted octanol–water partition coefficient (Wildman–Crippen LogP) is 5.87. The fraction of sp³-hybridized carbons (Fsp3) is 0.633. The van der Waals surface area contributed by atoms with E-state index in [2.05, 4.69) is 46.8 Å². The molecule has 1 aliphatic heterocycles. The number of unbranched alkanes of at least 4 members (excludes halogenated alkanes) is 3. The van der Waals surface area contributed by atoms with Crippen LogP contribution in [0.5, 0.6) is 0 Å². The molecule has 0 aliphatic carbocycles.